The molecule has 29 heavy (non-hydrogen) atoms. The Morgan fingerprint density at radius 2 is 1.79 bits per heavy atom. The predicted octanol–water partition coefficient (Wildman–Crippen LogP) is 2.55. The minimum absolute atomic E-state index is 0.0227. The van der Waals surface area contributed by atoms with Gasteiger partial charge in [-0.2, -0.15) is 0 Å². The third kappa shape index (κ3) is 6.02. The van der Waals surface area contributed by atoms with E-state index in [4.69, 9.17) is 9.47 Å². The molecule has 0 saturated heterocycles. The number of carbonyl (C=O) groups is 1. The normalized spacial score (nSPS) is 16.1. The zero-order valence-corrected chi connectivity index (χ0v) is 18.5. The fourth-order valence-corrected chi connectivity index (χ4v) is 3.95. The second-order valence-electron chi connectivity index (χ2n) is 7.80. The molecule has 0 aromatic heterocycles. The van der Waals surface area contributed by atoms with Crippen LogP contribution in [0.4, 0.5) is 0 Å². The zero-order valence-electron chi connectivity index (χ0n) is 18.5. The van der Waals surface area contributed by atoms with Crippen molar-refractivity contribution < 1.29 is 14.3 Å². The number of nitrogens with zero attached hydrogens (tertiary/aromatic N) is 2. The first-order valence-electron chi connectivity index (χ1n) is 10.3. The Hall–Kier alpha value is -2.44. The third-order valence-corrected chi connectivity index (χ3v) is 5.75. The molecule has 1 aliphatic rings. The van der Waals surface area contributed by atoms with Gasteiger partial charge in [-0.15, -0.1) is 0 Å². The number of guanidine groups is 1. The molecule has 162 valence electrons. The zero-order chi connectivity index (χ0) is 21.3. The van der Waals surface area contributed by atoms with Crippen molar-refractivity contribution in [2.45, 2.75) is 43.9 Å². The molecule has 7 heteroatoms. The van der Waals surface area contributed by atoms with Crippen LogP contribution < -0.4 is 20.1 Å². The number of methoxy groups -OCH3 is 2. The van der Waals surface area contributed by atoms with Gasteiger partial charge in [0, 0.05) is 46.1 Å². The van der Waals surface area contributed by atoms with Crippen LogP contribution in [0.5, 0.6) is 11.5 Å². The van der Waals surface area contributed by atoms with Crippen molar-refractivity contribution in [2.75, 3.05) is 48.5 Å². The third-order valence-electron chi connectivity index (χ3n) is 5.75. The van der Waals surface area contributed by atoms with E-state index in [-0.39, 0.29) is 11.3 Å². The van der Waals surface area contributed by atoms with E-state index in [0.29, 0.717) is 13.0 Å². The molecular formula is C22H36N4O3. The molecule has 0 unspecified atom stereocenters. The van der Waals surface area contributed by atoms with E-state index < -0.39 is 0 Å². The van der Waals surface area contributed by atoms with Crippen LogP contribution in [0.2, 0.25) is 0 Å². The van der Waals surface area contributed by atoms with Gasteiger partial charge in [0.15, 0.2) is 17.5 Å². The Morgan fingerprint density at radius 3 is 2.38 bits per heavy atom. The maximum Gasteiger partial charge on any atom is 0.223 e. The summed E-state index contributed by atoms with van der Waals surface area (Å²) in [6, 6.07) is 6.25. The number of hydrogen-bond acceptors (Lipinski definition) is 4. The molecule has 0 spiro atoms. The van der Waals surface area contributed by atoms with E-state index >= 15 is 0 Å². The summed E-state index contributed by atoms with van der Waals surface area (Å²) in [5.74, 6) is 2.34. The molecule has 0 heterocycles. The lowest BCUT2D eigenvalue weighted by molar-refractivity contribution is -0.128. The molecule has 2 N–H and O–H groups in total. The van der Waals surface area contributed by atoms with Crippen LogP contribution in [-0.4, -0.2) is 65.2 Å². The summed E-state index contributed by atoms with van der Waals surface area (Å²) >= 11 is 0. The predicted molar refractivity (Wildman–Crippen MR) is 117 cm³/mol. The van der Waals surface area contributed by atoms with Crippen molar-refractivity contribution in [3.63, 3.8) is 0 Å². The maximum absolute atomic E-state index is 11.8. The van der Waals surface area contributed by atoms with Crippen LogP contribution in [0.15, 0.2) is 23.2 Å². The number of benzene rings is 1. The van der Waals surface area contributed by atoms with Crippen molar-refractivity contribution in [3.05, 3.63) is 23.8 Å². The van der Waals surface area contributed by atoms with Crippen LogP contribution in [0.25, 0.3) is 0 Å². The molecule has 7 nitrogen and oxygen atoms in total. The molecule has 1 aromatic carbocycles. The molecule has 1 aliphatic carbocycles. The summed E-state index contributed by atoms with van der Waals surface area (Å²) < 4.78 is 10.9. The van der Waals surface area contributed by atoms with E-state index in [0.717, 1.165) is 36.8 Å². The van der Waals surface area contributed by atoms with Gasteiger partial charge >= 0.3 is 0 Å². The Balaban J connectivity index is 2.09. The number of ether oxygens (including phenoxy) is 2. The summed E-state index contributed by atoms with van der Waals surface area (Å²) in [6.45, 7) is 1.34. The second-order valence-corrected chi connectivity index (χ2v) is 7.80. The highest BCUT2D eigenvalue weighted by atomic mass is 16.5. The molecule has 0 atom stereocenters. The van der Waals surface area contributed by atoms with E-state index in [1.807, 2.05) is 6.07 Å². The van der Waals surface area contributed by atoms with Crippen LogP contribution in [0.1, 0.15) is 44.1 Å². The first kappa shape index (κ1) is 22.8. The topological polar surface area (TPSA) is 75.2 Å². The molecule has 0 aliphatic heterocycles. The van der Waals surface area contributed by atoms with Crippen molar-refractivity contribution in [1.29, 1.82) is 0 Å². The van der Waals surface area contributed by atoms with E-state index in [2.05, 4.69) is 27.8 Å². The van der Waals surface area contributed by atoms with Crippen molar-refractivity contribution in [3.8, 4) is 11.5 Å². The molecule has 1 amide bonds. The highest BCUT2D eigenvalue weighted by Crippen LogP contribution is 2.42. The quantitative estimate of drug-likeness (QED) is 0.514. The van der Waals surface area contributed by atoms with Crippen molar-refractivity contribution >= 4 is 11.9 Å². The summed E-state index contributed by atoms with van der Waals surface area (Å²) in [4.78, 5) is 17.7. The number of rotatable bonds is 8. The van der Waals surface area contributed by atoms with E-state index in [1.54, 1.807) is 40.3 Å². The summed E-state index contributed by atoms with van der Waals surface area (Å²) in [6.07, 6.45) is 6.36. The number of aliphatic imine (C=N–C) groups is 1. The molecular weight excluding hydrogens is 368 g/mol. The first-order chi connectivity index (χ1) is 14.0. The van der Waals surface area contributed by atoms with Gasteiger partial charge < -0.3 is 25.0 Å². The average Bonchev–Trinajstić information content (AvgIpc) is 2.75. The van der Waals surface area contributed by atoms with Gasteiger partial charge in [-0.3, -0.25) is 9.79 Å². The van der Waals surface area contributed by atoms with Gasteiger partial charge in [0.1, 0.15) is 0 Å². The Kier molecular flexibility index (Phi) is 8.61. The molecule has 1 aromatic rings. The standard InChI is InChI=1S/C22H36N4O3/c1-23-21(24-14-11-20(27)26(2)3)25-16-22(12-7-6-8-13-22)17-9-10-18(28-4)19(15-17)29-5/h9-10,15H,6-8,11-14,16H2,1-5H3,(H2,23,24,25). The number of carbonyl (C=O) groups excluding carboxylic acids is 1. The van der Waals surface area contributed by atoms with Crippen molar-refractivity contribution in [1.82, 2.24) is 15.5 Å². The van der Waals surface area contributed by atoms with Crippen LogP contribution in [0.3, 0.4) is 0 Å². The van der Waals surface area contributed by atoms with Gasteiger partial charge in [0.05, 0.1) is 14.2 Å². The molecule has 2 rings (SSSR count). The smallest absolute Gasteiger partial charge is 0.223 e. The fraction of sp³-hybridized carbons (Fsp3) is 0.636. The lowest BCUT2D eigenvalue weighted by Gasteiger charge is -2.38. The molecule has 0 bridgehead atoms. The first-order valence-corrected chi connectivity index (χ1v) is 10.3. The Morgan fingerprint density at radius 1 is 1.10 bits per heavy atom. The summed E-state index contributed by atoms with van der Waals surface area (Å²) in [5, 5.41) is 6.74. The molecule has 1 saturated carbocycles. The Bertz CT molecular complexity index is 697. The van der Waals surface area contributed by atoms with Gasteiger partial charge in [-0.05, 0) is 30.5 Å². The summed E-state index contributed by atoms with van der Waals surface area (Å²) in [7, 11) is 8.63. The largest absolute Gasteiger partial charge is 0.493 e. The van der Waals surface area contributed by atoms with Crippen LogP contribution in [-0.2, 0) is 10.2 Å². The maximum atomic E-state index is 11.8. The van der Waals surface area contributed by atoms with Gasteiger partial charge in [-0.25, -0.2) is 0 Å². The SMILES string of the molecule is CN=C(NCCC(=O)N(C)C)NCC1(c2ccc(OC)c(OC)c2)CCCCC1. The monoisotopic (exact) mass is 404 g/mol. The highest BCUT2D eigenvalue weighted by Gasteiger charge is 2.34. The lowest BCUT2D eigenvalue weighted by atomic mass is 9.69. The van der Waals surface area contributed by atoms with Crippen LogP contribution >= 0.6 is 0 Å². The number of amides is 1. The Labute approximate surface area is 174 Å². The summed E-state index contributed by atoms with van der Waals surface area (Å²) in [5.41, 5.74) is 1.29. The molecule has 1 fully saturated rings. The van der Waals surface area contributed by atoms with E-state index in [1.165, 1.54) is 24.8 Å². The highest BCUT2D eigenvalue weighted by molar-refractivity contribution is 5.81. The second kappa shape index (κ2) is 10.9. The fourth-order valence-electron chi connectivity index (χ4n) is 3.95. The number of hydrogen-bond donors (Lipinski definition) is 2. The van der Waals surface area contributed by atoms with Gasteiger partial charge in [0.25, 0.3) is 0 Å². The van der Waals surface area contributed by atoms with E-state index in [9.17, 15) is 4.79 Å². The minimum atomic E-state index is 0.0227. The minimum Gasteiger partial charge on any atom is -0.493 e. The lowest BCUT2D eigenvalue weighted by Crippen LogP contribution is -2.47. The molecule has 0 radical (unpaired) electrons. The van der Waals surface area contributed by atoms with Gasteiger partial charge in [0.2, 0.25) is 5.91 Å². The van der Waals surface area contributed by atoms with Crippen molar-refractivity contribution in [2.24, 2.45) is 4.99 Å². The van der Waals surface area contributed by atoms with Crippen LogP contribution in [0, 0.1) is 0 Å². The number of nitrogens with one attached hydrogen (secondary N) is 2. The average molecular weight is 405 g/mol. The van der Waals surface area contributed by atoms with Gasteiger partial charge in [-0.1, -0.05) is 25.3 Å².